The van der Waals surface area contributed by atoms with E-state index < -0.39 is 0 Å². The molecule has 2 rings (SSSR count). The molecule has 0 saturated heterocycles. The summed E-state index contributed by atoms with van der Waals surface area (Å²) in [5.41, 5.74) is 0. The van der Waals surface area contributed by atoms with Crippen LogP contribution in [0.4, 0.5) is 0 Å². The van der Waals surface area contributed by atoms with Crippen LogP contribution in [0.5, 0.6) is 11.8 Å². The Morgan fingerprint density at radius 3 is 2.50 bits per heavy atom. The summed E-state index contributed by atoms with van der Waals surface area (Å²) in [5, 5.41) is 20.1. The Bertz CT molecular complexity index is 576. The molecule has 0 radical (unpaired) electrons. The van der Waals surface area contributed by atoms with Gasteiger partial charge in [-0.15, -0.1) is 11.3 Å². The zero-order valence-electron chi connectivity index (χ0n) is 6.67. The highest BCUT2D eigenvalue weighted by atomic mass is 32.1. The summed E-state index contributed by atoms with van der Waals surface area (Å²) < 4.78 is 3.38. The third kappa shape index (κ3) is 1.37. The minimum atomic E-state index is -0.0810. The molecule has 0 atom stereocenters. The summed E-state index contributed by atoms with van der Waals surface area (Å²) in [7, 11) is 0. The van der Waals surface area contributed by atoms with Gasteiger partial charge in [-0.3, -0.25) is 0 Å². The Hall–Kier alpha value is -1.12. The summed E-state index contributed by atoms with van der Waals surface area (Å²) in [6, 6.07) is 0. The first-order valence-corrected chi connectivity index (χ1v) is 5.20. The number of hydrogen-bond acceptors (Lipinski definition) is 5. The first kappa shape index (κ1) is 9.44. The quantitative estimate of drug-likeness (QED) is 0.673. The van der Waals surface area contributed by atoms with E-state index in [0.29, 0.717) is 3.95 Å². The van der Waals surface area contributed by atoms with Crippen LogP contribution < -0.4 is 0 Å². The van der Waals surface area contributed by atoms with Gasteiger partial charge < -0.3 is 15.2 Å². The standard InChI is InChI=1S/C6H5N3O2S3/c10-3-1-8(5(12)7-3)9-4(11)2-14-6(9)13/h1-2,10-11H,(H,7,12). The van der Waals surface area contributed by atoms with Crippen molar-refractivity contribution in [1.82, 2.24) is 14.3 Å². The zero-order valence-corrected chi connectivity index (χ0v) is 9.12. The van der Waals surface area contributed by atoms with Crippen molar-refractivity contribution in [1.29, 1.82) is 0 Å². The first-order valence-electron chi connectivity index (χ1n) is 3.50. The van der Waals surface area contributed by atoms with E-state index in [1.807, 2.05) is 0 Å². The highest BCUT2D eigenvalue weighted by molar-refractivity contribution is 7.73. The predicted octanol–water partition coefficient (Wildman–Crippen LogP) is 1.86. The summed E-state index contributed by atoms with van der Waals surface area (Å²) in [5.74, 6) is -0.0994. The Labute approximate surface area is 92.5 Å². The molecule has 2 aromatic rings. The maximum absolute atomic E-state index is 9.46. The molecular formula is C6H5N3O2S3. The minimum Gasteiger partial charge on any atom is -0.493 e. The monoisotopic (exact) mass is 247 g/mol. The Morgan fingerprint density at radius 1 is 1.36 bits per heavy atom. The lowest BCUT2D eigenvalue weighted by Crippen LogP contribution is -2.06. The number of aromatic nitrogens is 3. The van der Waals surface area contributed by atoms with Gasteiger partial charge in [-0.2, -0.15) is 4.68 Å². The molecule has 0 aliphatic carbocycles. The average Bonchev–Trinajstić information content (AvgIpc) is 2.57. The van der Waals surface area contributed by atoms with Crippen LogP contribution in [0.2, 0.25) is 0 Å². The first-order chi connectivity index (χ1) is 6.59. The molecule has 8 heteroatoms. The van der Waals surface area contributed by atoms with Crippen molar-refractivity contribution in [3.8, 4) is 11.8 Å². The second kappa shape index (κ2) is 3.23. The lowest BCUT2D eigenvalue weighted by molar-refractivity contribution is 0.402. The molecule has 0 amide bonds. The third-order valence-corrected chi connectivity index (χ3v) is 3.01. The summed E-state index contributed by atoms with van der Waals surface area (Å²) in [6.45, 7) is 0. The number of thiazole rings is 1. The van der Waals surface area contributed by atoms with Gasteiger partial charge in [0, 0.05) is 0 Å². The number of hydrogen-bond donors (Lipinski definition) is 3. The van der Waals surface area contributed by atoms with Gasteiger partial charge in [0.1, 0.15) is 0 Å². The SMILES string of the molecule is Oc1cn(-n2c(O)csc2=S)c(=S)[nH]1. The van der Waals surface area contributed by atoms with Crippen LogP contribution in [0.25, 0.3) is 0 Å². The fourth-order valence-corrected chi connectivity index (χ4v) is 2.17. The van der Waals surface area contributed by atoms with Crippen LogP contribution in [0.3, 0.4) is 0 Å². The molecule has 0 bridgehead atoms. The molecule has 0 aromatic carbocycles. The normalized spacial score (nSPS) is 10.6. The van der Waals surface area contributed by atoms with Crippen LogP contribution >= 0.6 is 35.8 Å². The van der Waals surface area contributed by atoms with Crippen LogP contribution in [0, 0.1) is 8.73 Å². The van der Waals surface area contributed by atoms with Crippen LogP contribution in [0.1, 0.15) is 0 Å². The Balaban J connectivity index is 2.77. The topological polar surface area (TPSA) is 66.1 Å². The van der Waals surface area contributed by atoms with Crippen LogP contribution in [-0.2, 0) is 0 Å². The third-order valence-electron chi connectivity index (χ3n) is 1.56. The molecule has 0 fully saturated rings. The number of rotatable bonds is 1. The molecule has 0 saturated carbocycles. The maximum Gasteiger partial charge on any atom is 0.223 e. The number of imidazole rings is 1. The molecule has 5 nitrogen and oxygen atoms in total. The van der Waals surface area contributed by atoms with Crippen LogP contribution in [0.15, 0.2) is 11.6 Å². The van der Waals surface area contributed by atoms with Gasteiger partial charge in [0.25, 0.3) is 0 Å². The molecule has 2 heterocycles. The molecule has 0 aliphatic rings. The molecular weight excluding hydrogens is 242 g/mol. The van der Waals surface area contributed by atoms with Gasteiger partial charge in [0.2, 0.25) is 11.8 Å². The fourth-order valence-electron chi connectivity index (χ4n) is 1.02. The lowest BCUT2D eigenvalue weighted by Gasteiger charge is -2.02. The van der Waals surface area contributed by atoms with E-state index in [9.17, 15) is 5.11 Å². The largest absolute Gasteiger partial charge is 0.493 e. The molecule has 74 valence electrons. The van der Waals surface area contributed by atoms with E-state index in [2.05, 4.69) is 4.98 Å². The van der Waals surface area contributed by atoms with E-state index in [4.69, 9.17) is 29.5 Å². The number of H-pyrrole nitrogens is 1. The van der Waals surface area contributed by atoms with Crippen molar-refractivity contribution in [3.05, 3.63) is 20.3 Å². The zero-order chi connectivity index (χ0) is 10.3. The summed E-state index contributed by atoms with van der Waals surface area (Å²) in [6.07, 6.45) is 1.34. The number of aromatic amines is 1. The summed E-state index contributed by atoms with van der Waals surface area (Å²) in [4.78, 5) is 2.51. The second-order valence-electron chi connectivity index (χ2n) is 2.46. The van der Waals surface area contributed by atoms with Gasteiger partial charge in [0.05, 0.1) is 11.6 Å². The van der Waals surface area contributed by atoms with Gasteiger partial charge >= 0.3 is 0 Å². The van der Waals surface area contributed by atoms with Gasteiger partial charge in [-0.05, 0) is 24.4 Å². The van der Waals surface area contributed by atoms with Crippen molar-refractivity contribution >= 4 is 35.8 Å². The predicted molar refractivity (Wildman–Crippen MR) is 56.9 cm³/mol. The minimum absolute atomic E-state index is 0.0184. The van der Waals surface area contributed by atoms with Crippen molar-refractivity contribution in [2.45, 2.75) is 0 Å². The lowest BCUT2D eigenvalue weighted by atomic mass is 10.8. The average molecular weight is 247 g/mol. The molecule has 0 spiro atoms. The molecule has 14 heavy (non-hydrogen) atoms. The molecule has 0 unspecified atom stereocenters. The van der Waals surface area contributed by atoms with Crippen LogP contribution in [-0.4, -0.2) is 24.5 Å². The van der Waals surface area contributed by atoms with E-state index >= 15 is 0 Å². The highest BCUT2D eigenvalue weighted by Crippen LogP contribution is 2.19. The number of aromatic hydroxyl groups is 2. The van der Waals surface area contributed by atoms with Gasteiger partial charge in [-0.25, -0.2) is 4.68 Å². The van der Waals surface area contributed by atoms with Crippen molar-refractivity contribution in [3.63, 3.8) is 0 Å². The van der Waals surface area contributed by atoms with E-state index in [-0.39, 0.29) is 16.5 Å². The van der Waals surface area contributed by atoms with E-state index in [0.717, 1.165) is 0 Å². The Kier molecular flexibility index (Phi) is 2.17. The molecule has 2 aromatic heterocycles. The van der Waals surface area contributed by atoms with Gasteiger partial charge in [0.15, 0.2) is 8.73 Å². The maximum atomic E-state index is 9.46. The van der Waals surface area contributed by atoms with Crippen molar-refractivity contribution in [2.24, 2.45) is 0 Å². The van der Waals surface area contributed by atoms with Gasteiger partial charge in [-0.1, -0.05) is 0 Å². The molecule has 3 N–H and O–H groups in total. The number of nitrogens with one attached hydrogen (secondary N) is 1. The van der Waals surface area contributed by atoms with E-state index in [1.54, 1.807) is 0 Å². The fraction of sp³-hybridized carbons (Fsp3) is 0. The van der Waals surface area contributed by atoms with Crippen molar-refractivity contribution in [2.75, 3.05) is 0 Å². The van der Waals surface area contributed by atoms with Crippen molar-refractivity contribution < 1.29 is 10.2 Å². The molecule has 0 aliphatic heterocycles. The smallest absolute Gasteiger partial charge is 0.223 e. The summed E-state index contributed by atoms with van der Waals surface area (Å²) >= 11 is 11.1. The highest BCUT2D eigenvalue weighted by Gasteiger charge is 2.06. The Morgan fingerprint density at radius 2 is 2.07 bits per heavy atom. The number of nitrogens with zero attached hydrogens (tertiary/aromatic N) is 2. The van der Waals surface area contributed by atoms with E-state index in [1.165, 1.54) is 32.3 Å². The second-order valence-corrected chi connectivity index (χ2v) is 4.35.